The lowest BCUT2D eigenvalue weighted by atomic mass is 10.4. The van der Waals surface area contributed by atoms with Crippen molar-refractivity contribution in [3.05, 3.63) is 12.4 Å². The van der Waals surface area contributed by atoms with E-state index in [4.69, 9.17) is 5.73 Å². The second-order valence-electron chi connectivity index (χ2n) is 3.02. The van der Waals surface area contributed by atoms with E-state index in [0.29, 0.717) is 18.9 Å². The number of aryl methyl sites for hydroxylation is 1. The minimum atomic E-state index is 0.0908. The van der Waals surface area contributed by atoms with Gasteiger partial charge in [0.25, 0.3) is 0 Å². The molecule has 2 N–H and O–H groups in total. The maximum Gasteiger partial charge on any atom is 0.223 e. The van der Waals surface area contributed by atoms with Gasteiger partial charge in [0, 0.05) is 39.5 Å². The molecule has 1 aromatic rings. The molecule has 1 rings (SSSR count). The third kappa shape index (κ3) is 2.47. The molecule has 1 amide bonds. The maximum absolute atomic E-state index is 11.2. The van der Waals surface area contributed by atoms with Crippen molar-refractivity contribution in [1.29, 1.82) is 0 Å². The molecule has 0 aliphatic carbocycles. The number of nitrogen functional groups attached to an aromatic ring is 1. The second kappa shape index (κ2) is 3.93. The van der Waals surface area contributed by atoms with Gasteiger partial charge < -0.3 is 15.2 Å². The number of aromatic nitrogens is 2. The van der Waals surface area contributed by atoms with Gasteiger partial charge in [0.15, 0.2) is 5.95 Å². The fraction of sp³-hybridized carbons (Fsp3) is 0.500. The van der Waals surface area contributed by atoms with Gasteiger partial charge in [0.1, 0.15) is 0 Å². The van der Waals surface area contributed by atoms with Crippen LogP contribution in [0.15, 0.2) is 12.4 Å². The van der Waals surface area contributed by atoms with Crippen molar-refractivity contribution in [2.45, 2.75) is 13.0 Å². The van der Waals surface area contributed by atoms with Crippen molar-refractivity contribution in [2.75, 3.05) is 19.8 Å². The summed E-state index contributed by atoms with van der Waals surface area (Å²) in [7, 11) is 3.47. The Hall–Kier alpha value is -1.52. The first-order chi connectivity index (χ1) is 6.11. The summed E-state index contributed by atoms with van der Waals surface area (Å²) in [6.45, 7) is 0.586. The average molecular weight is 182 g/mol. The first-order valence-electron chi connectivity index (χ1n) is 4.08. The van der Waals surface area contributed by atoms with Crippen molar-refractivity contribution in [3.8, 4) is 0 Å². The third-order valence-corrected chi connectivity index (χ3v) is 1.81. The van der Waals surface area contributed by atoms with Gasteiger partial charge in [0.05, 0.1) is 0 Å². The van der Waals surface area contributed by atoms with Crippen molar-refractivity contribution >= 4 is 11.9 Å². The van der Waals surface area contributed by atoms with Crippen LogP contribution in [0.25, 0.3) is 0 Å². The molecule has 1 aromatic heterocycles. The van der Waals surface area contributed by atoms with Gasteiger partial charge in [-0.15, -0.1) is 0 Å². The Balaban J connectivity index is 2.44. The molecule has 1 heterocycles. The molecule has 0 saturated carbocycles. The molecule has 0 spiro atoms. The lowest BCUT2D eigenvalue weighted by molar-refractivity contribution is -0.128. The van der Waals surface area contributed by atoms with E-state index >= 15 is 0 Å². The Kier molecular flexibility index (Phi) is 2.89. The number of rotatable bonds is 3. The minimum Gasteiger partial charge on any atom is -0.369 e. The number of carbonyl (C=O) groups is 1. The van der Waals surface area contributed by atoms with E-state index in [1.54, 1.807) is 36.0 Å². The SMILES string of the molecule is CN(C)C(=O)CCn1ccnc1N. The molecule has 0 unspecified atom stereocenters. The van der Waals surface area contributed by atoms with E-state index in [1.165, 1.54) is 0 Å². The Morgan fingerprint density at radius 2 is 2.38 bits per heavy atom. The number of hydrogen-bond acceptors (Lipinski definition) is 3. The van der Waals surface area contributed by atoms with Crippen LogP contribution in [0.1, 0.15) is 6.42 Å². The number of anilines is 1. The van der Waals surface area contributed by atoms with Crippen LogP contribution in [-0.4, -0.2) is 34.5 Å². The van der Waals surface area contributed by atoms with E-state index in [9.17, 15) is 4.79 Å². The van der Waals surface area contributed by atoms with Crippen LogP contribution >= 0.6 is 0 Å². The standard InChI is InChI=1S/C8H14N4O/c1-11(2)7(13)3-5-12-6-4-10-8(12)9/h4,6H,3,5H2,1-2H3,(H2,9,10). The molecule has 72 valence electrons. The molecular formula is C8H14N4O. The molecule has 0 atom stereocenters. The van der Waals surface area contributed by atoms with E-state index in [2.05, 4.69) is 4.98 Å². The zero-order valence-electron chi connectivity index (χ0n) is 7.90. The van der Waals surface area contributed by atoms with Crippen molar-refractivity contribution in [3.63, 3.8) is 0 Å². The fourth-order valence-electron chi connectivity index (χ4n) is 0.969. The number of nitrogens with zero attached hydrogens (tertiary/aromatic N) is 3. The molecule has 5 nitrogen and oxygen atoms in total. The zero-order valence-corrected chi connectivity index (χ0v) is 7.90. The van der Waals surface area contributed by atoms with Gasteiger partial charge in [-0.2, -0.15) is 0 Å². The average Bonchev–Trinajstić information content (AvgIpc) is 2.47. The highest BCUT2D eigenvalue weighted by Crippen LogP contribution is 2.00. The topological polar surface area (TPSA) is 64.2 Å². The smallest absolute Gasteiger partial charge is 0.223 e. The number of amides is 1. The lowest BCUT2D eigenvalue weighted by Crippen LogP contribution is -2.23. The molecule has 13 heavy (non-hydrogen) atoms. The van der Waals surface area contributed by atoms with Crippen LogP contribution in [0, 0.1) is 0 Å². The van der Waals surface area contributed by atoms with Crippen LogP contribution in [-0.2, 0) is 11.3 Å². The van der Waals surface area contributed by atoms with Gasteiger partial charge in [-0.25, -0.2) is 4.98 Å². The summed E-state index contributed by atoms with van der Waals surface area (Å²) in [5.41, 5.74) is 5.53. The van der Waals surface area contributed by atoms with E-state index in [1.807, 2.05) is 0 Å². The molecule has 0 bridgehead atoms. The first kappa shape index (κ1) is 9.57. The van der Waals surface area contributed by atoms with Crippen LogP contribution < -0.4 is 5.73 Å². The molecule has 0 radical (unpaired) electrons. The molecule has 0 aliphatic rings. The summed E-state index contributed by atoms with van der Waals surface area (Å²) in [6, 6.07) is 0. The predicted octanol–water partition coefficient (Wildman–Crippen LogP) is -0.0564. The van der Waals surface area contributed by atoms with Gasteiger partial charge >= 0.3 is 0 Å². The number of nitrogens with two attached hydrogens (primary N) is 1. The minimum absolute atomic E-state index is 0.0908. The van der Waals surface area contributed by atoms with Gasteiger partial charge in [-0.3, -0.25) is 4.79 Å². The largest absolute Gasteiger partial charge is 0.369 e. The van der Waals surface area contributed by atoms with E-state index < -0.39 is 0 Å². The summed E-state index contributed by atoms with van der Waals surface area (Å²) in [4.78, 5) is 16.6. The van der Waals surface area contributed by atoms with Crippen molar-refractivity contribution < 1.29 is 4.79 Å². The third-order valence-electron chi connectivity index (χ3n) is 1.81. The number of hydrogen-bond donors (Lipinski definition) is 1. The first-order valence-corrected chi connectivity index (χ1v) is 4.08. The summed E-state index contributed by atoms with van der Waals surface area (Å²) >= 11 is 0. The van der Waals surface area contributed by atoms with Gasteiger partial charge in [0.2, 0.25) is 5.91 Å². The van der Waals surface area contributed by atoms with Crippen LogP contribution in [0.3, 0.4) is 0 Å². The quantitative estimate of drug-likeness (QED) is 0.712. The van der Waals surface area contributed by atoms with Crippen molar-refractivity contribution in [2.24, 2.45) is 0 Å². The zero-order chi connectivity index (χ0) is 9.84. The highest BCUT2D eigenvalue weighted by molar-refractivity contribution is 5.75. The predicted molar refractivity (Wildman–Crippen MR) is 50.0 cm³/mol. The van der Waals surface area contributed by atoms with E-state index in [-0.39, 0.29) is 5.91 Å². The summed E-state index contributed by atoms with van der Waals surface area (Å²) in [6.07, 6.45) is 3.83. The second-order valence-corrected chi connectivity index (χ2v) is 3.02. The fourth-order valence-corrected chi connectivity index (χ4v) is 0.969. The van der Waals surface area contributed by atoms with Gasteiger partial charge in [-0.05, 0) is 0 Å². The Morgan fingerprint density at radius 3 is 2.85 bits per heavy atom. The summed E-state index contributed by atoms with van der Waals surface area (Å²) in [5.74, 6) is 0.541. The molecule has 0 aromatic carbocycles. The number of carbonyl (C=O) groups excluding carboxylic acids is 1. The number of imidazole rings is 1. The van der Waals surface area contributed by atoms with Crippen LogP contribution in [0.4, 0.5) is 5.95 Å². The molecule has 0 aliphatic heterocycles. The maximum atomic E-state index is 11.2. The van der Waals surface area contributed by atoms with Crippen LogP contribution in [0.5, 0.6) is 0 Å². The normalized spacial score (nSPS) is 10.0. The molecule has 0 fully saturated rings. The lowest BCUT2D eigenvalue weighted by Gasteiger charge is -2.10. The Bertz CT molecular complexity index is 292. The Morgan fingerprint density at radius 1 is 1.69 bits per heavy atom. The Labute approximate surface area is 77.2 Å². The molecule has 5 heteroatoms. The highest BCUT2D eigenvalue weighted by Gasteiger charge is 2.04. The summed E-state index contributed by atoms with van der Waals surface area (Å²) < 4.78 is 1.75. The summed E-state index contributed by atoms with van der Waals surface area (Å²) in [5, 5.41) is 0. The van der Waals surface area contributed by atoms with Gasteiger partial charge in [-0.1, -0.05) is 0 Å². The van der Waals surface area contributed by atoms with Crippen LogP contribution in [0.2, 0.25) is 0 Å². The van der Waals surface area contributed by atoms with E-state index in [0.717, 1.165) is 0 Å². The monoisotopic (exact) mass is 182 g/mol. The molecular weight excluding hydrogens is 168 g/mol. The molecule has 0 saturated heterocycles. The van der Waals surface area contributed by atoms with Crippen molar-refractivity contribution in [1.82, 2.24) is 14.5 Å². The highest BCUT2D eigenvalue weighted by atomic mass is 16.2.